The summed E-state index contributed by atoms with van der Waals surface area (Å²) in [6.07, 6.45) is 4.25. The minimum atomic E-state index is -1.32. The molecule has 0 aliphatic carbocycles. The minimum absolute atomic E-state index is 0.244. The molecular weight excluding hydrogens is 356 g/mol. The molecule has 1 atom stereocenters. The molecule has 152 valence electrons. The molecule has 2 aromatic rings. The number of imidazole rings is 1. The Labute approximate surface area is 164 Å². The fourth-order valence-electron chi connectivity index (χ4n) is 5.31. The number of aromatic nitrogens is 2. The van der Waals surface area contributed by atoms with E-state index in [1.807, 2.05) is 24.1 Å². The number of carboxylic acids is 1. The van der Waals surface area contributed by atoms with Crippen molar-refractivity contribution >= 4 is 17.0 Å². The Hall–Kier alpha value is -2.12. The summed E-state index contributed by atoms with van der Waals surface area (Å²) >= 11 is 0. The van der Waals surface area contributed by atoms with Gasteiger partial charge in [0.2, 0.25) is 5.66 Å². The standard InChI is InChI=1S/C21H30N4O3/c1-14-6-7-16-18(17(14)15-8-11-22-12-9-15)24(3)20(28)25(16)21(19(26)27)10-4-5-13-23(21)2/h6-7,15,22H,4-5,8-13H2,1-3H3,(H,26,27). The monoisotopic (exact) mass is 386 g/mol. The normalized spacial score (nSPS) is 24.7. The minimum Gasteiger partial charge on any atom is -0.478 e. The lowest BCUT2D eigenvalue weighted by molar-refractivity contribution is -0.162. The van der Waals surface area contributed by atoms with Crippen LogP contribution in [0.25, 0.3) is 11.0 Å². The van der Waals surface area contributed by atoms with Crippen molar-refractivity contribution in [2.24, 2.45) is 7.05 Å². The third-order valence-corrected chi connectivity index (χ3v) is 6.83. The average Bonchev–Trinajstić information content (AvgIpc) is 2.94. The molecule has 2 N–H and O–H groups in total. The van der Waals surface area contributed by atoms with Crippen molar-refractivity contribution in [2.45, 2.75) is 50.6 Å². The number of carbonyl (C=O) groups is 1. The summed E-state index contributed by atoms with van der Waals surface area (Å²) < 4.78 is 3.22. The van der Waals surface area contributed by atoms with Crippen LogP contribution in [0.5, 0.6) is 0 Å². The van der Waals surface area contributed by atoms with Crippen LogP contribution in [0.1, 0.15) is 49.1 Å². The molecule has 3 heterocycles. The Morgan fingerprint density at radius 3 is 2.57 bits per heavy atom. The van der Waals surface area contributed by atoms with Gasteiger partial charge in [0.1, 0.15) is 0 Å². The summed E-state index contributed by atoms with van der Waals surface area (Å²) in [6, 6.07) is 3.98. The van der Waals surface area contributed by atoms with Crippen LogP contribution in [0.2, 0.25) is 0 Å². The van der Waals surface area contributed by atoms with Crippen molar-refractivity contribution in [1.29, 1.82) is 0 Å². The number of nitrogens with one attached hydrogen (secondary N) is 1. The quantitative estimate of drug-likeness (QED) is 0.843. The van der Waals surface area contributed by atoms with E-state index in [-0.39, 0.29) is 5.69 Å². The molecule has 2 saturated heterocycles. The largest absolute Gasteiger partial charge is 0.478 e. The van der Waals surface area contributed by atoms with Gasteiger partial charge in [-0.15, -0.1) is 0 Å². The van der Waals surface area contributed by atoms with Gasteiger partial charge in [-0.3, -0.25) is 14.0 Å². The molecule has 7 heteroatoms. The van der Waals surface area contributed by atoms with Crippen LogP contribution >= 0.6 is 0 Å². The number of likely N-dealkylation sites (tertiary alicyclic amines) is 1. The lowest BCUT2D eigenvalue weighted by Crippen LogP contribution is -2.59. The summed E-state index contributed by atoms with van der Waals surface area (Å²) in [6.45, 7) is 4.70. The Balaban J connectivity index is 2.02. The van der Waals surface area contributed by atoms with Crippen LogP contribution in [-0.2, 0) is 17.5 Å². The molecule has 0 radical (unpaired) electrons. The average molecular weight is 386 g/mol. The SMILES string of the molecule is Cc1ccc2c(c1C1CCNCC1)n(C)c(=O)n2C1(C(=O)O)CCCCN1C. The lowest BCUT2D eigenvalue weighted by atomic mass is 9.86. The number of piperidine rings is 2. The fourth-order valence-corrected chi connectivity index (χ4v) is 5.31. The summed E-state index contributed by atoms with van der Waals surface area (Å²) in [4.78, 5) is 27.8. The number of rotatable bonds is 3. The maximum absolute atomic E-state index is 13.4. The molecule has 0 amide bonds. The van der Waals surface area contributed by atoms with Crippen molar-refractivity contribution in [3.05, 3.63) is 33.7 Å². The van der Waals surface area contributed by atoms with Gasteiger partial charge in [-0.05, 0) is 82.3 Å². The summed E-state index contributed by atoms with van der Waals surface area (Å²) in [7, 11) is 3.60. The van der Waals surface area contributed by atoms with E-state index in [1.165, 1.54) is 11.1 Å². The Kier molecular flexibility index (Phi) is 4.83. The number of fused-ring (bicyclic) bond motifs is 1. The second kappa shape index (κ2) is 7.04. The number of likely N-dealkylation sites (N-methyl/N-ethyl adjacent to an activating group) is 1. The van der Waals surface area contributed by atoms with Crippen molar-refractivity contribution in [3.63, 3.8) is 0 Å². The maximum atomic E-state index is 13.4. The summed E-state index contributed by atoms with van der Waals surface area (Å²) in [5.74, 6) is -0.565. The van der Waals surface area contributed by atoms with Crippen LogP contribution in [-0.4, -0.2) is 51.8 Å². The zero-order valence-electron chi connectivity index (χ0n) is 17.0. The van der Waals surface area contributed by atoms with Gasteiger partial charge in [-0.25, -0.2) is 9.59 Å². The van der Waals surface area contributed by atoms with Crippen molar-refractivity contribution in [3.8, 4) is 0 Å². The van der Waals surface area contributed by atoms with E-state index >= 15 is 0 Å². The van der Waals surface area contributed by atoms with Gasteiger partial charge in [0.25, 0.3) is 0 Å². The van der Waals surface area contributed by atoms with E-state index in [9.17, 15) is 14.7 Å². The first-order chi connectivity index (χ1) is 13.4. The molecular formula is C21H30N4O3. The highest BCUT2D eigenvalue weighted by Crippen LogP contribution is 2.38. The third kappa shape index (κ3) is 2.63. The first-order valence-electron chi connectivity index (χ1n) is 10.3. The van der Waals surface area contributed by atoms with Gasteiger partial charge in [0.05, 0.1) is 11.0 Å². The number of benzene rings is 1. The highest BCUT2D eigenvalue weighted by atomic mass is 16.4. The van der Waals surface area contributed by atoms with Crippen LogP contribution < -0.4 is 11.0 Å². The van der Waals surface area contributed by atoms with Gasteiger partial charge < -0.3 is 10.4 Å². The Morgan fingerprint density at radius 1 is 1.21 bits per heavy atom. The maximum Gasteiger partial charge on any atom is 0.345 e. The van der Waals surface area contributed by atoms with Gasteiger partial charge in [-0.2, -0.15) is 0 Å². The highest BCUT2D eigenvalue weighted by Gasteiger charge is 2.48. The molecule has 7 nitrogen and oxygen atoms in total. The molecule has 28 heavy (non-hydrogen) atoms. The predicted molar refractivity (Wildman–Crippen MR) is 109 cm³/mol. The third-order valence-electron chi connectivity index (χ3n) is 6.83. The predicted octanol–water partition coefficient (Wildman–Crippen LogP) is 1.97. The molecule has 0 saturated carbocycles. The molecule has 4 rings (SSSR count). The Bertz CT molecular complexity index is 970. The second-order valence-corrected chi connectivity index (χ2v) is 8.37. The van der Waals surface area contributed by atoms with E-state index in [0.29, 0.717) is 18.9 Å². The van der Waals surface area contributed by atoms with E-state index in [4.69, 9.17) is 0 Å². The zero-order chi connectivity index (χ0) is 20.1. The molecule has 0 bridgehead atoms. The molecule has 0 spiro atoms. The van der Waals surface area contributed by atoms with Crippen LogP contribution in [0.15, 0.2) is 16.9 Å². The van der Waals surface area contributed by atoms with Gasteiger partial charge in [-0.1, -0.05) is 6.07 Å². The number of aryl methyl sites for hydroxylation is 2. The van der Waals surface area contributed by atoms with Crippen molar-refractivity contribution < 1.29 is 9.90 Å². The lowest BCUT2D eigenvalue weighted by Gasteiger charge is -2.42. The Morgan fingerprint density at radius 2 is 1.93 bits per heavy atom. The number of nitrogens with zero attached hydrogens (tertiary/aromatic N) is 3. The molecule has 2 aliphatic rings. The molecule has 1 aromatic carbocycles. The van der Waals surface area contributed by atoms with Crippen LogP contribution in [0, 0.1) is 6.92 Å². The highest BCUT2D eigenvalue weighted by molar-refractivity contribution is 5.85. The van der Waals surface area contributed by atoms with Crippen LogP contribution in [0.4, 0.5) is 0 Å². The summed E-state index contributed by atoms with van der Waals surface area (Å²) in [5.41, 5.74) is 2.45. The van der Waals surface area contributed by atoms with E-state index in [0.717, 1.165) is 49.8 Å². The molecule has 1 unspecified atom stereocenters. The van der Waals surface area contributed by atoms with E-state index in [2.05, 4.69) is 12.2 Å². The molecule has 2 aliphatic heterocycles. The van der Waals surface area contributed by atoms with E-state index < -0.39 is 11.6 Å². The second-order valence-electron chi connectivity index (χ2n) is 8.37. The van der Waals surface area contributed by atoms with Crippen molar-refractivity contribution in [2.75, 3.05) is 26.7 Å². The number of aliphatic carboxylic acids is 1. The van der Waals surface area contributed by atoms with Crippen molar-refractivity contribution in [1.82, 2.24) is 19.4 Å². The number of carboxylic acid groups (broad SMARTS) is 1. The number of hydrogen-bond donors (Lipinski definition) is 2. The van der Waals surface area contributed by atoms with Gasteiger partial charge in [0, 0.05) is 13.6 Å². The topological polar surface area (TPSA) is 79.5 Å². The van der Waals surface area contributed by atoms with Gasteiger partial charge >= 0.3 is 11.7 Å². The summed E-state index contributed by atoms with van der Waals surface area (Å²) in [5, 5.41) is 13.7. The van der Waals surface area contributed by atoms with E-state index in [1.54, 1.807) is 16.2 Å². The fraction of sp³-hybridized carbons (Fsp3) is 0.619. The van der Waals surface area contributed by atoms with Crippen LogP contribution in [0.3, 0.4) is 0 Å². The smallest absolute Gasteiger partial charge is 0.345 e. The zero-order valence-corrected chi connectivity index (χ0v) is 17.0. The first-order valence-corrected chi connectivity index (χ1v) is 10.3. The molecule has 2 fully saturated rings. The number of hydrogen-bond acceptors (Lipinski definition) is 4. The first kappa shape index (κ1) is 19.2. The van der Waals surface area contributed by atoms with Gasteiger partial charge in [0.15, 0.2) is 0 Å². The molecule has 1 aromatic heterocycles.